The maximum absolute atomic E-state index is 4.25. The fourth-order valence-corrected chi connectivity index (χ4v) is 1.27. The Balaban J connectivity index is 2.58. The van der Waals surface area contributed by atoms with Gasteiger partial charge in [0.25, 0.3) is 0 Å². The Labute approximate surface area is 87.8 Å². The highest BCUT2D eigenvalue weighted by Crippen LogP contribution is 2.07. The molecular formula is C10H15BrN2. The quantitative estimate of drug-likeness (QED) is 0.742. The lowest BCUT2D eigenvalue weighted by Gasteiger charge is -2.02. The molecule has 0 aliphatic carbocycles. The molecule has 1 heterocycles. The molecule has 0 aliphatic heterocycles. The van der Waals surface area contributed by atoms with E-state index in [2.05, 4.69) is 53.2 Å². The number of hydrogen-bond donors (Lipinski definition) is 0. The van der Waals surface area contributed by atoms with Gasteiger partial charge in [0.15, 0.2) is 0 Å². The first-order chi connectivity index (χ1) is 6.24. The number of hydrogen-bond acceptors (Lipinski definition) is 1. The van der Waals surface area contributed by atoms with Gasteiger partial charge in [0.2, 0.25) is 0 Å². The lowest BCUT2D eigenvalue weighted by molar-refractivity contribution is 0.532. The van der Waals surface area contributed by atoms with Gasteiger partial charge < -0.3 is 0 Å². The van der Waals surface area contributed by atoms with Gasteiger partial charge in [-0.3, -0.25) is 4.68 Å². The highest BCUT2D eigenvalue weighted by atomic mass is 79.9. The lowest BCUT2D eigenvalue weighted by Crippen LogP contribution is -1.99. The Morgan fingerprint density at radius 2 is 2.38 bits per heavy atom. The Morgan fingerprint density at radius 3 is 2.92 bits per heavy atom. The average Bonchev–Trinajstić information content (AvgIpc) is 2.53. The van der Waals surface area contributed by atoms with Crippen molar-refractivity contribution in [3.05, 3.63) is 24.0 Å². The van der Waals surface area contributed by atoms with E-state index in [9.17, 15) is 0 Å². The van der Waals surface area contributed by atoms with Crippen molar-refractivity contribution in [2.45, 2.75) is 26.3 Å². The van der Waals surface area contributed by atoms with Crippen LogP contribution in [0.3, 0.4) is 0 Å². The molecule has 0 spiro atoms. The van der Waals surface area contributed by atoms with Crippen LogP contribution in [0, 0.1) is 0 Å². The molecule has 0 aliphatic rings. The largest absolute Gasteiger partial charge is 0.270 e. The van der Waals surface area contributed by atoms with Crippen LogP contribution in [0.1, 0.15) is 31.9 Å². The molecule has 0 unspecified atom stereocenters. The van der Waals surface area contributed by atoms with E-state index in [0.717, 1.165) is 11.8 Å². The van der Waals surface area contributed by atoms with Gasteiger partial charge in [-0.15, -0.1) is 0 Å². The highest BCUT2D eigenvalue weighted by molar-refractivity contribution is 9.09. The minimum absolute atomic E-state index is 0.443. The number of aromatic nitrogens is 2. The molecular weight excluding hydrogens is 228 g/mol. The Morgan fingerprint density at radius 1 is 1.62 bits per heavy atom. The van der Waals surface area contributed by atoms with Crippen molar-refractivity contribution in [3.63, 3.8) is 0 Å². The van der Waals surface area contributed by atoms with Gasteiger partial charge in [0, 0.05) is 23.1 Å². The molecule has 1 aromatic heterocycles. The molecule has 0 amide bonds. The van der Waals surface area contributed by atoms with Crippen LogP contribution < -0.4 is 0 Å². The lowest BCUT2D eigenvalue weighted by atomic mass is 10.3. The predicted octanol–water partition coefficient (Wildman–Crippen LogP) is 3.26. The minimum atomic E-state index is 0.443. The summed E-state index contributed by atoms with van der Waals surface area (Å²) in [7, 11) is 0. The van der Waals surface area contributed by atoms with Crippen LogP contribution in [0.4, 0.5) is 0 Å². The van der Waals surface area contributed by atoms with Crippen LogP contribution in [0.5, 0.6) is 0 Å². The van der Waals surface area contributed by atoms with E-state index in [1.165, 1.54) is 5.56 Å². The van der Waals surface area contributed by atoms with Gasteiger partial charge in [-0.2, -0.15) is 5.10 Å². The average molecular weight is 243 g/mol. The summed E-state index contributed by atoms with van der Waals surface area (Å²) in [5, 5.41) is 5.26. The second kappa shape index (κ2) is 5.22. The topological polar surface area (TPSA) is 17.8 Å². The molecule has 0 N–H and O–H groups in total. The summed E-state index contributed by atoms with van der Waals surface area (Å²) in [6.07, 6.45) is 9.27. The molecule has 0 fully saturated rings. The van der Waals surface area contributed by atoms with E-state index in [1.807, 2.05) is 10.9 Å². The Hall–Kier alpha value is -0.570. The second-order valence-electron chi connectivity index (χ2n) is 3.23. The third-order valence-corrected chi connectivity index (χ3v) is 2.19. The van der Waals surface area contributed by atoms with Gasteiger partial charge >= 0.3 is 0 Å². The molecule has 2 nitrogen and oxygen atoms in total. The maximum Gasteiger partial charge on any atom is 0.0562 e. The summed E-state index contributed by atoms with van der Waals surface area (Å²) >= 11 is 3.38. The zero-order valence-electron chi connectivity index (χ0n) is 8.07. The number of rotatable bonds is 4. The number of halogens is 1. The molecule has 72 valence electrons. The molecule has 0 saturated carbocycles. The van der Waals surface area contributed by atoms with Gasteiger partial charge in [-0.25, -0.2) is 0 Å². The molecule has 0 atom stereocenters. The summed E-state index contributed by atoms with van der Waals surface area (Å²) in [5.74, 6) is 0. The molecule has 1 rings (SSSR count). The fourth-order valence-electron chi connectivity index (χ4n) is 1.00. The molecule has 0 radical (unpaired) electrons. The molecule has 0 saturated heterocycles. The summed E-state index contributed by atoms with van der Waals surface area (Å²) in [4.78, 5) is 0. The number of allylic oxidation sites excluding steroid dienone is 1. The molecule has 0 aromatic carbocycles. The SMILES string of the molecule is CC(C)n1cc(C=CCCBr)cn1. The van der Waals surface area contributed by atoms with E-state index < -0.39 is 0 Å². The normalized spacial score (nSPS) is 11.7. The van der Waals surface area contributed by atoms with Crippen molar-refractivity contribution in [2.24, 2.45) is 0 Å². The van der Waals surface area contributed by atoms with Crippen molar-refractivity contribution in [1.82, 2.24) is 9.78 Å². The van der Waals surface area contributed by atoms with Crippen LogP contribution in [0.15, 0.2) is 18.5 Å². The summed E-state index contributed by atoms with van der Waals surface area (Å²) in [5.41, 5.74) is 1.18. The molecule has 0 bridgehead atoms. The third kappa shape index (κ3) is 3.35. The third-order valence-electron chi connectivity index (χ3n) is 1.74. The summed E-state index contributed by atoms with van der Waals surface area (Å²) in [6, 6.07) is 0.443. The Bertz CT molecular complexity index is 276. The molecule has 13 heavy (non-hydrogen) atoms. The van der Waals surface area contributed by atoms with Crippen molar-refractivity contribution < 1.29 is 0 Å². The minimum Gasteiger partial charge on any atom is -0.270 e. The van der Waals surface area contributed by atoms with Crippen LogP contribution in [0.25, 0.3) is 6.08 Å². The van der Waals surface area contributed by atoms with E-state index in [-0.39, 0.29) is 0 Å². The van der Waals surface area contributed by atoms with Gasteiger partial charge in [0.05, 0.1) is 6.20 Å². The second-order valence-corrected chi connectivity index (χ2v) is 4.02. The molecule has 1 aromatic rings. The van der Waals surface area contributed by atoms with E-state index in [4.69, 9.17) is 0 Å². The summed E-state index contributed by atoms with van der Waals surface area (Å²) in [6.45, 7) is 4.25. The molecule has 3 heteroatoms. The van der Waals surface area contributed by atoms with Crippen LogP contribution in [-0.2, 0) is 0 Å². The zero-order valence-corrected chi connectivity index (χ0v) is 9.66. The van der Waals surface area contributed by atoms with Crippen LogP contribution in [0.2, 0.25) is 0 Å². The van der Waals surface area contributed by atoms with Gasteiger partial charge in [-0.1, -0.05) is 28.1 Å². The van der Waals surface area contributed by atoms with Crippen LogP contribution in [-0.4, -0.2) is 15.1 Å². The first-order valence-electron chi connectivity index (χ1n) is 4.50. The smallest absolute Gasteiger partial charge is 0.0562 e. The van der Waals surface area contributed by atoms with Crippen molar-refractivity contribution in [2.75, 3.05) is 5.33 Å². The van der Waals surface area contributed by atoms with Crippen LogP contribution >= 0.6 is 15.9 Å². The van der Waals surface area contributed by atoms with E-state index >= 15 is 0 Å². The number of nitrogens with zero attached hydrogens (tertiary/aromatic N) is 2. The standard InChI is InChI=1S/C10H15BrN2/c1-9(2)13-8-10(7-12-13)5-3-4-6-11/h3,5,7-9H,4,6H2,1-2H3. The van der Waals surface area contributed by atoms with E-state index in [0.29, 0.717) is 6.04 Å². The monoisotopic (exact) mass is 242 g/mol. The van der Waals surface area contributed by atoms with Crippen molar-refractivity contribution in [3.8, 4) is 0 Å². The van der Waals surface area contributed by atoms with Crippen molar-refractivity contribution >= 4 is 22.0 Å². The number of alkyl halides is 1. The fraction of sp³-hybridized carbons (Fsp3) is 0.500. The first-order valence-corrected chi connectivity index (χ1v) is 5.63. The first kappa shape index (κ1) is 10.5. The van der Waals surface area contributed by atoms with E-state index in [1.54, 1.807) is 0 Å². The zero-order chi connectivity index (χ0) is 9.68. The van der Waals surface area contributed by atoms with Crippen molar-refractivity contribution in [1.29, 1.82) is 0 Å². The van der Waals surface area contributed by atoms with Gasteiger partial charge in [0.1, 0.15) is 0 Å². The van der Waals surface area contributed by atoms with Gasteiger partial charge in [-0.05, 0) is 20.3 Å². The predicted molar refractivity (Wildman–Crippen MR) is 60.1 cm³/mol. The highest BCUT2D eigenvalue weighted by Gasteiger charge is 1.97. The maximum atomic E-state index is 4.25. The summed E-state index contributed by atoms with van der Waals surface area (Å²) < 4.78 is 1.97. The Kier molecular flexibility index (Phi) is 4.22.